The summed E-state index contributed by atoms with van der Waals surface area (Å²) in [5, 5.41) is 2.94. The van der Waals surface area contributed by atoms with Gasteiger partial charge in [0.25, 0.3) is 15.9 Å². The Balaban J connectivity index is 1.65. The molecule has 1 amide bonds. The fourth-order valence-electron chi connectivity index (χ4n) is 3.73. The molecule has 1 N–H and O–H groups in total. The lowest BCUT2D eigenvalue weighted by atomic mass is 10.1. The zero-order valence-electron chi connectivity index (χ0n) is 18.7. The first-order valence-electron chi connectivity index (χ1n) is 10.6. The number of aryl methyl sites for hydroxylation is 1. The molecular formula is C25H26N2O5S. The van der Waals surface area contributed by atoms with Gasteiger partial charge in [-0.05, 0) is 61.4 Å². The summed E-state index contributed by atoms with van der Waals surface area (Å²) < 4.78 is 39.4. The molecule has 172 valence electrons. The molecule has 1 aliphatic rings. The number of carbonyl (C=O) groups excluding carboxylic acids is 1. The molecule has 7 nitrogen and oxygen atoms in total. The molecular weight excluding hydrogens is 440 g/mol. The number of ether oxygens (including phenoxy) is 2. The smallest absolute Gasteiger partial charge is 0.264 e. The van der Waals surface area contributed by atoms with Gasteiger partial charge in [0, 0.05) is 0 Å². The number of nitrogens with one attached hydrogen (secondary N) is 1. The van der Waals surface area contributed by atoms with Crippen LogP contribution in [-0.2, 0) is 14.8 Å². The van der Waals surface area contributed by atoms with Crippen molar-refractivity contribution in [1.82, 2.24) is 5.32 Å². The average molecular weight is 467 g/mol. The number of rotatable bonds is 6. The molecule has 1 aliphatic heterocycles. The van der Waals surface area contributed by atoms with Crippen molar-refractivity contribution in [2.45, 2.75) is 30.9 Å². The Labute approximate surface area is 194 Å². The van der Waals surface area contributed by atoms with Gasteiger partial charge in [0.05, 0.1) is 30.3 Å². The van der Waals surface area contributed by atoms with Crippen LogP contribution in [0.5, 0.6) is 11.5 Å². The van der Waals surface area contributed by atoms with Crippen molar-refractivity contribution < 1.29 is 22.7 Å². The minimum Gasteiger partial charge on any atom is -0.497 e. The van der Waals surface area contributed by atoms with Crippen LogP contribution < -0.4 is 19.1 Å². The summed E-state index contributed by atoms with van der Waals surface area (Å²) in [5.74, 6) is 0.526. The van der Waals surface area contributed by atoms with Gasteiger partial charge in [-0.25, -0.2) is 8.42 Å². The second-order valence-corrected chi connectivity index (χ2v) is 9.79. The molecule has 0 spiro atoms. The number of methoxy groups -OCH3 is 1. The summed E-state index contributed by atoms with van der Waals surface area (Å²) in [6.07, 6.45) is -1.00. The fourth-order valence-corrected chi connectivity index (χ4v) is 5.21. The number of hydrogen-bond donors (Lipinski definition) is 1. The molecule has 1 heterocycles. The Morgan fingerprint density at radius 3 is 2.45 bits per heavy atom. The third kappa shape index (κ3) is 4.66. The van der Waals surface area contributed by atoms with Crippen molar-refractivity contribution in [3.05, 3.63) is 83.9 Å². The molecule has 3 aromatic carbocycles. The van der Waals surface area contributed by atoms with E-state index < -0.39 is 16.1 Å². The molecule has 8 heteroatoms. The van der Waals surface area contributed by atoms with Crippen LogP contribution in [0.4, 0.5) is 5.69 Å². The summed E-state index contributed by atoms with van der Waals surface area (Å²) in [6, 6.07) is 20.7. The van der Waals surface area contributed by atoms with Crippen molar-refractivity contribution in [2.75, 3.05) is 18.0 Å². The van der Waals surface area contributed by atoms with Gasteiger partial charge in [-0.3, -0.25) is 9.10 Å². The van der Waals surface area contributed by atoms with Crippen LogP contribution in [0.3, 0.4) is 0 Å². The van der Waals surface area contributed by atoms with Gasteiger partial charge in [0.2, 0.25) is 0 Å². The molecule has 4 rings (SSSR count). The standard InChI is InChI=1S/C25H26N2O5S/c1-17-9-14-22-23(15-17)32-24(25(28)26-18(2)19-7-5-4-6-8-19)16-27(22)33(29,30)21-12-10-20(31-3)11-13-21/h4-15,18,24H,16H2,1-3H3,(H,26,28). The fraction of sp³-hybridized carbons (Fsp3) is 0.240. The van der Waals surface area contributed by atoms with Gasteiger partial charge in [-0.15, -0.1) is 0 Å². The van der Waals surface area contributed by atoms with Crippen molar-refractivity contribution in [3.8, 4) is 11.5 Å². The molecule has 2 unspecified atom stereocenters. The zero-order valence-corrected chi connectivity index (χ0v) is 19.5. The maximum Gasteiger partial charge on any atom is 0.264 e. The number of nitrogens with zero attached hydrogens (tertiary/aromatic N) is 1. The molecule has 0 aromatic heterocycles. The van der Waals surface area contributed by atoms with E-state index >= 15 is 0 Å². The highest BCUT2D eigenvalue weighted by Crippen LogP contribution is 2.38. The van der Waals surface area contributed by atoms with E-state index in [-0.39, 0.29) is 23.4 Å². The Kier molecular flexibility index (Phi) is 6.29. The molecule has 0 radical (unpaired) electrons. The van der Waals surface area contributed by atoms with E-state index in [1.807, 2.05) is 50.2 Å². The van der Waals surface area contributed by atoms with E-state index in [0.717, 1.165) is 11.1 Å². The quantitative estimate of drug-likeness (QED) is 0.597. The maximum atomic E-state index is 13.5. The Morgan fingerprint density at radius 2 is 1.79 bits per heavy atom. The molecule has 0 saturated carbocycles. The number of amides is 1. The van der Waals surface area contributed by atoms with Gasteiger partial charge in [0.1, 0.15) is 11.5 Å². The number of fused-ring (bicyclic) bond motifs is 1. The van der Waals surface area contributed by atoms with E-state index in [2.05, 4.69) is 5.32 Å². The number of hydrogen-bond acceptors (Lipinski definition) is 5. The first-order chi connectivity index (χ1) is 15.8. The lowest BCUT2D eigenvalue weighted by molar-refractivity contribution is -0.128. The third-order valence-electron chi connectivity index (χ3n) is 5.58. The minimum absolute atomic E-state index is 0.105. The average Bonchev–Trinajstić information content (AvgIpc) is 2.83. The summed E-state index contributed by atoms with van der Waals surface area (Å²) in [7, 11) is -2.42. The predicted molar refractivity (Wildman–Crippen MR) is 126 cm³/mol. The number of carbonyl (C=O) groups is 1. The SMILES string of the molecule is COc1ccc(S(=O)(=O)N2CC(C(=O)NC(C)c3ccccc3)Oc3cc(C)ccc32)cc1. The van der Waals surface area contributed by atoms with E-state index in [1.54, 1.807) is 24.3 Å². The van der Waals surface area contributed by atoms with Crippen molar-refractivity contribution in [3.63, 3.8) is 0 Å². The summed E-state index contributed by atoms with van der Waals surface area (Å²) in [4.78, 5) is 13.2. The van der Waals surface area contributed by atoms with Gasteiger partial charge < -0.3 is 14.8 Å². The summed E-state index contributed by atoms with van der Waals surface area (Å²) in [6.45, 7) is 3.62. The predicted octanol–water partition coefficient (Wildman–Crippen LogP) is 3.84. The van der Waals surface area contributed by atoms with E-state index in [9.17, 15) is 13.2 Å². The van der Waals surface area contributed by atoms with Crippen LogP contribution in [0, 0.1) is 6.92 Å². The largest absolute Gasteiger partial charge is 0.497 e. The molecule has 33 heavy (non-hydrogen) atoms. The zero-order chi connectivity index (χ0) is 23.6. The summed E-state index contributed by atoms with van der Waals surface area (Å²) in [5.41, 5.74) is 2.24. The second kappa shape index (κ2) is 9.15. The molecule has 0 bridgehead atoms. The van der Waals surface area contributed by atoms with Crippen LogP contribution >= 0.6 is 0 Å². The van der Waals surface area contributed by atoms with Gasteiger partial charge in [-0.2, -0.15) is 0 Å². The Bertz CT molecular complexity index is 1240. The molecule has 0 fully saturated rings. The molecule has 3 aromatic rings. The first-order valence-corrected chi connectivity index (χ1v) is 12.0. The highest BCUT2D eigenvalue weighted by Gasteiger charge is 2.38. The third-order valence-corrected chi connectivity index (χ3v) is 7.38. The first kappa shape index (κ1) is 22.7. The van der Waals surface area contributed by atoms with Crippen LogP contribution in [0.2, 0.25) is 0 Å². The van der Waals surface area contributed by atoms with E-state index in [1.165, 1.54) is 23.5 Å². The Morgan fingerprint density at radius 1 is 1.09 bits per heavy atom. The maximum absolute atomic E-state index is 13.5. The summed E-state index contributed by atoms with van der Waals surface area (Å²) >= 11 is 0. The minimum atomic E-state index is -3.94. The topological polar surface area (TPSA) is 84.9 Å². The van der Waals surface area contributed by atoms with Crippen molar-refractivity contribution in [2.24, 2.45) is 0 Å². The highest BCUT2D eigenvalue weighted by molar-refractivity contribution is 7.92. The Hall–Kier alpha value is -3.52. The van der Waals surface area contributed by atoms with Crippen molar-refractivity contribution in [1.29, 1.82) is 0 Å². The van der Waals surface area contributed by atoms with Crippen LogP contribution in [0.15, 0.2) is 77.7 Å². The highest BCUT2D eigenvalue weighted by atomic mass is 32.2. The van der Waals surface area contributed by atoms with Crippen molar-refractivity contribution >= 4 is 21.6 Å². The number of benzene rings is 3. The second-order valence-electron chi connectivity index (χ2n) is 7.93. The normalized spacial score (nSPS) is 16.3. The van der Waals surface area contributed by atoms with Gasteiger partial charge in [0.15, 0.2) is 6.10 Å². The lowest BCUT2D eigenvalue weighted by Crippen LogP contribution is -2.51. The van der Waals surface area contributed by atoms with E-state index in [0.29, 0.717) is 17.2 Å². The van der Waals surface area contributed by atoms with E-state index in [4.69, 9.17) is 9.47 Å². The van der Waals surface area contributed by atoms with Gasteiger partial charge in [-0.1, -0.05) is 36.4 Å². The number of sulfonamides is 1. The van der Waals surface area contributed by atoms with Gasteiger partial charge >= 0.3 is 0 Å². The number of anilines is 1. The lowest BCUT2D eigenvalue weighted by Gasteiger charge is -2.35. The van der Waals surface area contributed by atoms with Crippen LogP contribution in [0.1, 0.15) is 24.1 Å². The monoisotopic (exact) mass is 466 g/mol. The van der Waals surface area contributed by atoms with Crippen LogP contribution in [-0.4, -0.2) is 34.1 Å². The molecule has 2 atom stereocenters. The molecule has 0 aliphatic carbocycles. The van der Waals surface area contributed by atoms with Crippen LogP contribution in [0.25, 0.3) is 0 Å². The molecule has 0 saturated heterocycles.